The van der Waals surface area contributed by atoms with Gasteiger partial charge >= 0.3 is 6.61 Å². The third kappa shape index (κ3) is 7.94. The SMILES string of the molecule is CN(c1ccc(OC[C@@H](O)CNCCc2ccccc2OC(F)F)cc1)S(=O)[O-]. The number of nitrogens with one attached hydrogen (secondary N) is 1. The fourth-order valence-corrected chi connectivity index (χ4v) is 2.80. The van der Waals surface area contributed by atoms with Gasteiger partial charge in [0.25, 0.3) is 0 Å². The van der Waals surface area contributed by atoms with E-state index in [0.717, 1.165) is 4.31 Å². The summed E-state index contributed by atoms with van der Waals surface area (Å²) in [6.45, 7) is -2.11. The number of ether oxygens (including phenoxy) is 2. The van der Waals surface area contributed by atoms with Gasteiger partial charge in [0.2, 0.25) is 0 Å². The highest BCUT2D eigenvalue weighted by molar-refractivity contribution is 7.80. The average Bonchev–Trinajstić information content (AvgIpc) is 2.70. The zero-order valence-electron chi connectivity index (χ0n) is 15.8. The first kappa shape index (κ1) is 23.0. The Hall–Kier alpha value is -2.27. The van der Waals surface area contributed by atoms with Gasteiger partial charge in [-0.2, -0.15) is 8.78 Å². The fourth-order valence-electron chi connectivity index (χ4n) is 2.50. The number of aliphatic hydroxyl groups is 1. The van der Waals surface area contributed by atoms with E-state index in [1.165, 1.54) is 13.1 Å². The van der Waals surface area contributed by atoms with E-state index in [9.17, 15) is 22.6 Å². The summed E-state index contributed by atoms with van der Waals surface area (Å²) in [5.41, 5.74) is 1.14. The lowest BCUT2D eigenvalue weighted by Gasteiger charge is -2.21. The Morgan fingerprint density at radius 3 is 2.55 bits per heavy atom. The van der Waals surface area contributed by atoms with Gasteiger partial charge in [0.1, 0.15) is 24.2 Å². The standard InChI is InChI=1S/C19H24F2N2O5S/c1-23(29(25)26)15-6-8-17(9-7-15)27-13-16(24)12-22-11-10-14-4-2-3-5-18(14)28-19(20)21/h2-9,16,19,22,24H,10-13H2,1H3,(H,25,26)/p-1/t16-/m0/s1. The highest BCUT2D eigenvalue weighted by Crippen LogP contribution is 2.21. The second-order valence-electron chi connectivity index (χ2n) is 6.11. The second kappa shape index (κ2) is 11.7. The van der Waals surface area contributed by atoms with Crippen LogP contribution in [0.1, 0.15) is 5.56 Å². The van der Waals surface area contributed by atoms with Crippen molar-refractivity contribution < 1.29 is 32.1 Å². The molecule has 0 saturated carbocycles. The van der Waals surface area contributed by atoms with Crippen molar-refractivity contribution in [3.8, 4) is 11.5 Å². The maximum atomic E-state index is 12.4. The minimum absolute atomic E-state index is 0.0424. The molecule has 0 aromatic heterocycles. The van der Waals surface area contributed by atoms with Crippen LogP contribution in [0.4, 0.5) is 14.5 Å². The predicted molar refractivity (Wildman–Crippen MR) is 105 cm³/mol. The van der Waals surface area contributed by atoms with Gasteiger partial charge in [-0.05, 0) is 48.9 Å². The fraction of sp³-hybridized carbons (Fsp3) is 0.368. The lowest BCUT2D eigenvalue weighted by Crippen LogP contribution is -2.32. The van der Waals surface area contributed by atoms with Gasteiger partial charge in [0.15, 0.2) is 0 Å². The molecule has 160 valence electrons. The molecule has 0 aliphatic carbocycles. The number of nitrogens with zero attached hydrogens (tertiary/aromatic N) is 1. The normalized spacial score (nSPS) is 13.2. The first-order valence-corrected chi connectivity index (χ1v) is 9.87. The molecule has 2 aromatic rings. The molecule has 2 N–H and O–H groups in total. The average molecular weight is 429 g/mol. The summed E-state index contributed by atoms with van der Waals surface area (Å²) in [5.74, 6) is 0.638. The van der Waals surface area contributed by atoms with E-state index in [-0.39, 0.29) is 18.9 Å². The molecule has 7 nitrogen and oxygen atoms in total. The number of anilines is 1. The molecule has 0 fully saturated rings. The Balaban J connectivity index is 1.70. The Morgan fingerprint density at radius 1 is 1.21 bits per heavy atom. The smallest absolute Gasteiger partial charge is 0.387 e. The number of hydrogen-bond acceptors (Lipinski definition) is 6. The third-order valence-electron chi connectivity index (χ3n) is 4.01. The molecule has 0 heterocycles. The monoisotopic (exact) mass is 429 g/mol. The molecular weight excluding hydrogens is 406 g/mol. The number of benzene rings is 2. The molecule has 0 radical (unpaired) electrons. The maximum absolute atomic E-state index is 12.4. The molecule has 0 spiro atoms. The van der Waals surface area contributed by atoms with E-state index in [0.29, 0.717) is 30.0 Å². The van der Waals surface area contributed by atoms with E-state index in [4.69, 9.17) is 4.74 Å². The highest BCUT2D eigenvalue weighted by Gasteiger charge is 2.10. The maximum Gasteiger partial charge on any atom is 0.387 e. The number of rotatable bonds is 12. The van der Waals surface area contributed by atoms with Gasteiger partial charge in [-0.1, -0.05) is 18.2 Å². The van der Waals surface area contributed by atoms with Crippen molar-refractivity contribution >= 4 is 17.0 Å². The van der Waals surface area contributed by atoms with Gasteiger partial charge in [0, 0.05) is 30.5 Å². The minimum atomic E-state index is -2.87. The van der Waals surface area contributed by atoms with Crippen molar-refractivity contribution in [2.45, 2.75) is 19.1 Å². The Morgan fingerprint density at radius 2 is 1.90 bits per heavy atom. The quantitative estimate of drug-likeness (QED) is 0.396. The molecule has 2 atom stereocenters. The first-order chi connectivity index (χ1) is 13.9. The Bertz CT molecular complexity index is 779. The number of para-hydroxylation sites is 1. The second-order valence-corrected chi connectivity index (χ2v) is 7.10. The van der Waals surface area contributed by atoms with Gasteiger partial charge in [-0.15, -0.1) is 0 Å². The van der Waals surface area contributed by atoms with E-state index >= 15 is 0 Å². The zero-order chi connectivity index (χ0) is 21.2. The molecule has 29 heavy (non-hydrogen) atoms. The number of alkyl halides is 2. The molecule has 10 heteroatoms. The summed E-state index contributed by atoms with van der Waals surface area (Å²) in [4.78, 5) is 0. The van der Waals surface area contributed by atoms with E-state index in [2.05, 4.69) is 10.1 Å². The van der Waals surface area contributed by atoms with Crippen molar-refractivity contribution in [3.05, 3.63) is 54.1 Å². The summed E-state index contributed by atoms with van der Waals surface area (Å²) in [5, 5.41) is 13.0. The highest BCUT2D eigenvalue weighted by atomic mass is 32.2. The van der Waals surface area contributed by atoms with Crippen molar-refractivity contribution in [1.29, 1.82) is 0 Å². The van der Waals surface area contributed by atoms with Gasteiger partial charge in [0.05, 0.1) is 0 Å². The summed E-state index contributed by atoms with van der Waals surface area (Å²) < 4.78 is 57.6. The van der Waals surface area contributed by atoms with Crippen LogP contribution >= 0.6 is 0 Å². The van der Waals surface area contributed by atoms with Gasteiger partial charge in [-0.25, -0.2) is 0 Å². The van der Waals surface area contributed by atoms with E-state index in [1.807, 2.05) is 0 Å². The topological polar surface area (TPSA) is 94.1 Å². The lowest BCUT2D eigenvalue weighted by atomic mass is 10.1. The number of aliphatic hydroxyl groups excluding tert-OH is 1. The Kier molecular flexibility index (Phi) is 9.26. The molecule has 2 aromatic carbocycles. The van der Waals surface area contributed by atoms with Crippen molar-refractivity contribution in [2.24, 2.45) is 0 Å². The molecule has 0 aliphatic rings. The Labute approximate surface area is 170 Å². The molecule has 1 unspecified atom stereocenters. The van der Waals surface area contributed by atoms with Crippen LogP contribution in [0.25, 0.3) is 0 Å². The van der Waals surface area contributed by atoms with Crippen LogP contribution in [0.3, 0.4) is 0 Å². The largest absolute Gasteiger partial charge is 0.755 e. The van der Waals surface area contributed by atoms with Crippen molar-refractivity contribution in [1.82, 2.24) is 5.32 Å². The predicted octanol–water partition coefficient (Wildman–Crippen LogP) is 2.09. The van der Waals surface area contributed by atoms with Crippen LogP contribution in [0.5, 0.6) is 11.5 Å². The van der Waals surface area contributed by atoms with Crippen LogP contribution in [0.2, 0.25) is 0 Å². The number of hydrogen-bond donors (Lipinski definition) is 2. The van der Waals surface area contributed by atoms with Crippen LogP contribution < -0.4 is 19.1 Å². The molecule has 0 saturated heterocycles. The molecule has 0 aliphatic heterocycles. The summed E-state index contributed by atoms with van der Waals surface area (Å²) >= 11 is -2.35. The van der Waals surface area contributed by atoms with Crippen LogP contribution in [-0.2, 0) is 17.7 Å². The summed E-state index contributed by atoms with van der Waals surface area (Å²) in [6, 6.07) is 13.0. The number of halogens is 2. The summed E-state index contributed by atoms with van der Waals surface area (Å²) in [6.07, 6.45) is -0.314. The molecule has 0 bridgehead atoms. The van der Waals surface area contributed by atoms with Crippen molar-refractivity contribution in [3.63, 3.8) is 0 Å². The zero-order valence-corrected chi connectivity index (χ0v) is 16.6. The molecular formula is C19H23F2N2O5S-. The lowest BCUT2D eigenvalue weighted by molar-refractivity contribution is -0.0504. The van der Waals surface area contributed by atoms with E-state index < -0.39 is 24.0 Å². The third-order valence-corrected chi connectivity index (χ3v) is 4.66. The van der Waals surface area contributed by atoms with Crippen LogP contribution in [0, 0.1) is 0 Å². The van der Waals surface area contributed by atoms with E-state index in [1.54, 1.807) is 42.5 Å². The summed E-state index contributed by atoms with van der Waals surface area (Å²) in [7, 11) is 1.42. The first-order valence-electron chi connectivity index (χ1n) is 8.84. The van der Waals surface area contributed by atoms with Crippen molar-refractivity contribution in [2.75, 3.05) is 31.0 Å². The van der Waals surface area contributed by atoms with Crippen LogP contribution in [0.15, 0.2) is 48.5 Å². The minimum Gasteiger partial charge on any atom is -0.755 e. The van der Waals surface area contributed by atoms with Gasteiger partial charge < -0.3 is 28.8 Å². The van der Waals surface area contributed by atoms with Crippen LogP contribution in [-0.4, -0.2) is 53.3 Å². The van der Waals surface area contributed by atoms with Gasteiger partial charge in [-0.3, -0.25) is 4.21 Å². The molecule has 0 amide bonds. The molecule has 2 rings (SSSR count).